The predicted octanol–water partition coefficient (Wildman–Crippen LogP) is 0.502. The van der Waals surface area contributed by atoms with Crippen LogP contribution in [0.2, 0.25) is 0 Å². The Balaban J connectivity index is 1.43. The van der Waals surface area contributed by atoms with Crippen molar-refractivity contribution in [3.63, 3.8) is 0 Å². The molecule has 1 N–H and O–H groups in total. The monoisotopic (exact) mass is 477 g/mol. The average Bonchev–Trinajstić information content (AvgIpc) is 3.20. The molecular weight excluding hydrogens is 442 g/mol. The number of hydrogen-bond acceptors (Lipinski definition) is 6. The number of likely N-dealkylation sites (N-methyl/N-ethyl adjacent to an activating group) is 1. The molecule has 3 heterocycles. The van der Waals surface area contributed by atoms with Gasteiger partial charge in [0, 0.05) is 71.4 Å². The first-order chi connectivity index (χ1) is 15.8. The Kier molecular flexibility index (Phi) is 7.37. The molecule has 0 aliphatic carbocycles. The lowest BCUT2D eigenvalue weighted by Gasteiger charge is -2.32. The highest BCUT2D eigenvalue weighted by Gasteiger charge is 2.38. The van der Waals surface area contributed by atoms with Gasteiger partial charge in [0.1, 0.15) is 6.04 Å². The number of carbonyl (C=O) groups excluding carboxylic acids is 2. The van der Waals surface area contributed by atoms with Gasteiger partial charge in [-0.1, -0.05) is 6.42 Å². The van der Waals surface area contributed by atoms with Crippen molar-refractivity contribution in [1.29, 1.82) is 0 Å². The maximum Gasteiger partial charge on any atom is 0.243 e. The Bertz CT molecular complexity index is 985. The number of fused-ring (bicyclic) bond motifs is 1. The molecule has 2 fully saturated rings. The fraction of sp³-hybridized carbons (Fsp3) is 0.652. The number of sulfonamides is 1. The summed E-state index contributed by atoms with van der Waals surface area (Å²) in [6.07, 6.45) is 3.12. The fourth-order valence-corrected chi connectivity index (χ4v) is 6.54. The number of piperazine rings is 1. The van der Waals surface area contributed by atoms with Crippen LogP contribution >= 0.6 is 0 Å². The summed E-state index contributed by atoms with van der Waals surface area (Å²) in [5, 5.41) is 2.98. The smallest absolute Gasteiger partial charge is 0.243 e. The largest absolute Gasteiger partial charge is 0.353 e. The molecule has 0 bridgehead atoms. The zero-order valence-corrected chi connectivity index (χ0v) is 20.4. The number of piperidine rings is 1. The van der Waals surface area contributed by atoms with E-state index in [1.807, 2.05) is 0 Å². The van der Waals surface area contributed by atoms with E-state index >= 15 is 0 Å². The third kappa shape index (κ3) is 5.24. The van der Waals surface area contributed by atoms with Crippen LogP contribution in [-0.2, 0) is 26.0 Å². The standard InChI is InChI=1S/C23H35N5O4S/c1-18(29)28-21-7-6-20(33(31,32)27-9-4-3-5-10-27)16-19(21)17-22(28)23(30)24-8-11-26-14-12-25(2)13-15-26/h6-7,16,22H,3-5,8-15,17H2,1-2H3,(H,24,30)/t22-/m1/s1. The number of benzene rings is 1. The van der Waals surface area contributed by atoms with Gasteiger partial charge >= 0.3 is 0 Å². The van der Waals surface area contributed by atoms with Gasteiger partial charge in [-0.15, -0.1) is 0 Å². The van der Waals surface area contributed by atoms with Gasteiger partial charge in [-0.25, -0.2) is 8.42 Å². The second-order valence-corrected chi connectivity index (χ2v) is 11.2. The number of hydrogen-bond donors (Lipinski definition) is 1. The molecule has 10 heteroatoms. The van der Waals surface area contributed by atoms with Crippen LogP contribution in [0.15, 0.2) is 23.1 Å². The zero-order valence-electron chi connectivity index (χ0n) is 19.6. The molecule has 2 saturated heterocycles. The van der Waals surface area contributed by atoms with Crippen molar-refractivity contribution >= 4 is 27.5 Å². The zero-order chi connectivity index (χ0) is 23.6. The molecule has 3 aliphatic heterocycles. The SMILES string of the molecule is CC(=O)N1c2ccc(S(=O)(=O)N3CCCCC3)cc2C[C@@H]1C(=O)NCCN1CCN(C)CC1. The topological polar surface area (TPSA) is 93.3 Å². The van der Waals surface area contributed by atoms with Gasteiger partial charge in [0.05, 0.1) is 4.90 Å². The highest BCUT2D eigenvalue weighted by Crippen LogP contribution is 2.35. The molecule has 4 rings (SSSR count). The summed E-state index contributed by atoms with van der Waals surface area (Å²) in [5.74, 6) is -0.421. The Hall–Kier alpha value is -2.01. The lowest BCUT2D eigenvalue weighted by atomic mass is 10.1. The van der Waals surface area contributed by atoms with E-state index in [2.05, 4.69) is 22.2 Å². The molecule has 0 aromatic heterocycles. The molecule has 0 unspecified atom stereocenters. The van der Waals surface area contributed by atoms with Crippen LogP contribution in [0.3, 0.4) is 0 Å². The van der Waals surface area contributed by atoms with Crippen LogP contribution in [0.25, 0.3) is 0 Å². The van der Waals surface area contributed by atoms with Gasteiger partial charge in [-0.05, 0) is 43.7 Å². The normalized spacial score (nSPS) is 22.8. The first kappa shape index (κ1) is 24.1. The van der Waals surface area contributed by atoms with E-state index < -0.39 is 16.1 Å². The molecule has 9 nitrogen and oxygen atoms in total. The lowest BCUT2D eigenvalue weighted by Crippen LogP contribution is -2.50. The molecule has 2 amide bonds. The molecule has 3 aliphatic rings. The van der Waals surface area contributed by atoms with Crippen molar-refractivity contribution in [1.82, 2.24) is 19.4 Å². The molecule has 1 aromatic rings. The van der Waals surface area contributed by atoms with E-state index in [0.29, 0.717) is 31.7 Å². The number of carbonyl (C=O) groups is 2. The second kappa shape index (κ2) is 10.1. The Labute approximate surface area is 196 Å². The number of nitrogens with one attached hydrogen (secondary N) is 1. The highest BCUT2D eigenvalue weighted by atomic mass is 32.2. The first-order valence-corrected chi connectivity index (χ1v) is 13.3. The Morgan fingerprint density at radius 2 is 1.73 bits per heavy atom. The minimum absolute atomic E-state index is 0.198. The van der Waals surface area contributed by atoms with Crippen molar-refractivity contribution in [2.24, 2.45) is 0 Å². The van der Waals surface area contributed by atoms with Crippen LogP contribution in [-0.4, -0.2) is 99.8 Å². The maximum atomic E-state index is 13.1. The molecular formula is C23H35N5O4S. The molecule has 182 valence electrons. The summed E-state index contributed by atoms with van der Waals surface area (Å²) in [5.41, 5.74) is 1.35. The van der Waals surface area contributed by atoms with Crippen molar-refractivity contribution in [2.45, 2.75) is 43.5 Å². The van der Waals surface area contributed by atoms with Crippen molar-refractivity contribution in [3.8, 4) is 0 Å². The predicted molar refractivity (Wildman–Crippen MR) is 127 cm³/mol. The van der Waals surface area contributed by atoms with Crippen LogP contribution in [0.4, 0.5) is 5.69 Å². The van der Waals surface area contributed by atoms with Crippen molar-refractivity contribution < 1.29 is 18.0 Å². The molecule has 1 atom stereocenters. The summed E-state index contributed by atoms with van der Waals surface area (Å²) in [4.78, 5) is 31.8. The maximum absolute atomic E-state index is 13.1. The molecule has 0 radical (unpaired) electrons. The van der Waals surface area contributed by atoms with Crippen LogP contribution in [0.1, 0.15) is 31.7 Å². The Morgan fingerprint density at radius 1 is 1.03 bits per heavy atom. The van der Waals surface area contributed by atoms with E-state index in [9.17, 15) is 18.0 Å². The van der Waals surface area contributed by atoms with Crippen molar-refractivity contribution in [2.75, 3.05) is 64.3 Å². The van der Waals surface area contributed by atoms with Crippen LogP contribution < -0.4 is 10.2 Å². The molecule has 0 saturated carbocycles. The summed E-state index contributed by atoms with van der Waals surface area (Å²) < 4.78 is 27.7. The van der Waals surface area contributed by atoms with E-state index in [1.165, 1.54) is 11.8 Å². The lowest BCUT2D eigenvalue weighted by molar-refractivity contribution is -0.125. The highest BCUT2D eigenvalue weighted by molar-refractivity contribution is 7.89. The number of amides is 2. The fourth-order valence-electron chi connectivity index (χ4n) is 4.97. The quantitative estimate of drug-likeness (QED) is 0.642. The van der Waals surface area contributed by atoms with Gasteiger partial charge < -0.3 is 10.2 Å². The van der Waals surface area contributed by atoms with E-state index in [-0.39, 0.29) is 16.7 Å². The third-order valence-electron chi connectivity index (χ3n) is 6.95. The van der Waals surface area contributed by atoms with E-state index in [1.54, 1.807) is 22.5 Å². The third-order valence-corrected chi connectivity index (χ3v) is 8.85. The van der Waals surface area contributed by atoms with Gasteiger partial charge in [0.15, 0.2) is 0 Å². The van der Waals surface area contributed by atoms with Crippen LogP contribution in [0.5, 0.6) is 0 Å². The summed E-state index contributed by atoms with van der Waals surface area (Å²) in [6, 6.07) is 4.22. The molecule has 1 aromatic carbocycles. The summed E-state index contributed by atoms with van der Waals surface area (Å²) in [7, 11) is -1.46. The van der Waals surface area contributed by atoms with Gasteiger partial charge in [0.2, 0.25) is 21.8 Å². The minimum atomic E-state index is -3.57. The number of anilines is 1. The van der Waals surface area contributed by atoms with Crippen molar-refractivity contribution in [3.05, 3.63) is 23.8 Å². The van der Waals surface area contributed by atoms with Gasteiger partial charge in [-0.3, -0.25) is 19.4 Å². The summed E-state index contributed by atoms with van der Waals surface area (Å²) in [6.45, 7) is 7.82. The summed E-state index contributed by atoms with van der Waals surface area (Å²) >= 11 is 0. The van der Waals surface area contributed by atoms with Gasteiger partial charge in [-0.2, -0.15) is 4.31 Å². The second-order valence-electron chi connectivity index (χ2n) is 9.30. The van der Waals surface area contributed by atoms with Crippen LogP contribution in [0, 0.1) is 0 Å². The molecule has 0 spiro atoms. The van der Waals surface area contributed by atoms with E-state index in [0.717, 1.165) is 57.5 Å². The molecule has 33 heavy (non-hydrogen) atoms. The van der Waals surface area contributed by atoms with Gasteiger partial charge in [0.25, 0.3) is 0 Å². The minimum Gasteiger partial charge on any atom is -0.353 e. The Morgan fingerprint density at radius 3 is 2.39 bits per heavy atom. The first-order valence-electron chi connectivity index (χ1n) is 11.9. The number of rotatable bonds is 6. The average molecular weight is 478 g/mol. The number of nitrogens with zero attached hydrogens (tertiary/aromatic N) is 4. The van der Waals surface area contributed by atoms with E-state index in [4.69, 9.17) is 0 Å².